The monoisotopic (exact) mass is 477 g/mol. The van der Waals surface area contributed by atoms with E-state index in [4.69, 9.17) is 21.7 Å². The van der Waals surface area contributed by atoms with E-state index in [1.807, 2.05) is 30.3 Å². The summed E-state index contributed by atoms with van der Waals surface area (Å²) in [5, 5.41) is 2.50. The van der Waals surface area contributed by atoms with Crippen molar-refractivity contribution in [2.75, 3.05) is 6.61 Å². The lowest BCUT2D eigenvalue weighted by molar-refractivity contribution is 0.0930. The van der Waals surface area contributed by atoms with Gasteiger partial charge in [0.15, 0.2) is 5.11 Å². The first-order valence-electron chi connectivity index (χ1n) is 11.0. The van der Waals surface area contributed by atoms with E-state index in [2.05, 4.69) is 23.1 Å². The van der Waals surface area contributed by atoms with Crippen molar-refractivity contribution in [1.82, 2.24) is 16.2 Å². The molecule has 34 heavy (non-hydrogen) atoms. The molecule has 0 atom stereocenters. The van der Waals surface area contributed by atoms with Crippen LogP contribution in [0, 0.1) is 0 Å². The molecule has 2 amide bonds. The average molecular weight is 478 g/mol. The zero-order chi connectivity index (χ0) is 24.2. The number of rotatable bonds is 9. The van der Waals surface area contributed by atoms with Crippen molar-refractivity contribution in [3.05, 3.63) is 95.6 Å². The van der Waals surface area contributed by atoms with Gasteiger partial charge in [0.25, 0.3) is 11.8 Å². The van der Waals surface area contributed by atoms with Crippen molar-refractivity contribution in [2.24, 2.45) is 0 Å². The summed E-state index contributed by atoms with van der Waals surface area (Å²) in [5.41, 5.74) is 6.72. The summed E-state index contributed by atoms with van der Waals surface area (Å²) in [6.45, 7) is 2.91. The van der Waals surface area contributed by atoms with Gasteiger partial charge in [0.1, 0.15) is 18.1 Å². The predicted molar refractivity (Wildman–Crippen MR) is 135 cm³/mol. The maximum absolute atomic E-state index is 12.7. The second kappa shape index (κ2) is 13.0. The molecule has 0 bridgehead atoms. The topological polar surface area (TPSA) is 88.7 Å². The molecule has 3 N–H and O–H groups in total. The van der Waals surface area contributed by atoms with Crippen LogP contribution >= 0.6 is 12.2 Å². The van der Waals surface area contributed by atoms with Crippen molar-refractivity contribution < 1.29 is 19.1 Å². The van der Waals surface area contributed by atoms with Crippen LogP contribution in [0.5, 0.6) is 11.5 Å². The predicted octanol–water partition coefficient (Wildman–Crippen LogP) is 4.39. The Balaban J connectivity index is 1.55. The fourth-order valence-corrected chi connectivity index (χ4v) is 3.15. The van der Waals surface area contributed by atoms with Gasteiger partial charge in [-0.2, -0.15) is 0 Å². The highest BCUT2D eigenvalue weighted by Gasteiger charge is 2.15. The molecule has 8 heteroatoms. The van der Waals surface area contributed by atoms with Crippen LogP contribution in [0.4, 0.5) is 0 Å². The first kappa shape index (κ1) is 24.7. The van der Waals surface area contributed by atoms with Gasteiger partial charge < -0.3 is 9.47 Å². The van der Waals surface area contributed by atoms with Crippen LogP contribution in [-0.2, 0) is 6.61 Å². The Labute approximate surface area is 204 Å². The number of para-hydroxylation sites is 2. The minimum atomic E-state index is -0.455. The number of hydrazine groups is 1. The van der Waals surface area contributed by atoms with Crippen molar-refractivity contribution in [2.45, 2.75) is 26.4 Å². The molecule has 0 fully saturated rings. The standard InChI is InChI=1S/C26H27N3O4S/c1-2-3-17-32-22-15-9-7-13-20(22)24(30)27-26(34)29-28-25(31)21-14-8-10-16-23(21)33-18-19-11-5-4-6-12-19/h4-16H,2-3,17-18H2,1H3,(H,28,31)(H2,27,29,30,34). The van der Waals surface area contributed by atoms with E-state index in [1.54, 1.807) is 48.5 Å². The van der Waals surface area contributed by atoms with Gasteiger partial charge in [0, 0.05) is 0 Å². The van der Waals surface area contributed by atoms with Crippen LogP contribution in [0.2, 0.25) is 0 Å². The Kier molecular flexibility index (Phi) is 9.42. The quantitative estimate of drug-likeness (QED) is 0.241. The Morgan fingerprint density at radius 3 is 2.03 bits per heavy atom. The molecule has 0 aliphatic carbocycles. The zero-order valence-electron chi connectivity index (χ0n) is 18.9. The summed E-state index contributed by atoms with van der Waals surface area (Å²) in [4.78, 5) is 25.3. The molecule has 176 valence electrons. The Morgan fingerprint density at radius 1 is 0.765 bits per heavy atom. The third kappa shape index (κ3) is 7.31. The summed E-state index contributed by atoms with van der Waals surface area (Å²) in [6, 6.07) is 23.5. The molecule has 0 spiro atoms. The molecular weight excluding hydrogens is 450 g/mol. The molecule has 3 aromatic rings. The zero-order valence-corrected chi connectivity index (χ0v) is 19.7. The summed E-state index contributed by atoms with van der Waals surface area (Å²) in [6.07, 6.45) is 1.88. The van der Waals surface area contributed by atoms with Crippen LogP contribution < -0.4 is 25.6 Å². The van der Waals surface area contributed by atoms with Gasteiger partial charge >= 0.3 is 0 Å². The molecule has 3 rings (SSSR count). The minimum absolute atomic E-state index is 0.0515. The van der Waals surface area contributed by atoms with Gasteiger partial charge in [0.05, 0.1) is 17.7 Å². The van der Waals surface area contributed by atoms with E-state index in [0.29, 0.717) is 35.8 Å². The molecule has 0 saturated heterocycles. The van der Waals surface area contributed by atoms with Gasteiger partial charge in [-0.3, -0.25) is 25.8 Å². The lowest BCUT2D eigenvalue weighted by Gasteiger charge is -2.14. The highest BCUT2D eigenvalue weighted by atomic mass is 32.1. The summed E-state index contributed by atoms with van der Waals surface area (Å²) in [7, 11) is 0. The summed E-state index contributed by atoms with van der Waals surface area (Å²) in [5.74, 6) is 0.0116. The molecule has 0 heterocycles. The molecule has 0 saturated carbocycles. The van der Waals surface area contributed by atoms with Gasteiger partial charge in [0.2, 0.25) is 0 Å². The number of carbonyl (C=O) groups excluding carboxylic acids is 2. The highest BCUT2D eigenvalue weighted by Crippen LogP contribution is 2.20. The first-order valence-corrected chi connectivity index (χ1v) is 11.4. The van der Waals surface area contributed by atoms with Gasteiger partial charge in [-0.05, 0) is 48.5 Å². The number of ether oxygens (including phenoxy) is 2. The number of thiocarbonyl (C=S) groups is 1. The number of carbonyl (C=O) groups is 2. The smallest absolute Gasteiger partial charge is 0.273 e. The van der Waals surface area contributed by atoms with E-state index in [9.17, 15) is 9.59 Å². The van der Waals surface area contributed by atoms with Crippen LogP contribution in [0.25, 0.3) is 0 Å². The molecule has 7 nitrogen and oxygen atoms in total. The molecule has 0 aliphatic heterocycles. The van der Waals surface area contributed by atoms with Crippen molar-refractivity contribution in [1.29, 1.82) is 0 Å². The van der Waals surface area contributed by atoms with Crippen LogP contribution in [0.15, 0.2) is 78.9 Å². The van der Waals surface area contributed by atoms with Crippen LogP contribution in [0.1, 0.15) is 46.0 Å². The SMILES string of the molecule is CCCCOc1ccccc1C(=O)NC(=S)NNC(=O)c1ccccc1OCc1ccccc1. The highest BCUT2D eigenvalue weighted by molar-refractivity contribution is 7.80. The molecule has 0 unspecified atom stereocenters. The summed E-state index contributed by atoms with van der Waals surface area (Å²) >= 11 is 5.17. The van der Waals surface area contributed by atoms with Gasteiger partial charge in [-0.25, -0.2) is 0 Å². The van der Waals surface area contributed by atoms with Crippen LogP contribution in [0.3, 0.4) is 0 Å². The first-order chi connectivity index (χ1) is 16.6. The lowest BCUT2D eigenvalue weighted by Crippen LogP contribution is -2.48. The third-order valence-corrected chi connectivity index (χ3v) is 4.98. The number of benzene rings is 3. The number of hydrogen-bond donors (Lipinski definition) is 3. The van der Waals surface area contributed by atoms with Crippen molar-refractivity contribution in [3.63, 3.8) is 0 Å². The minimum Gasteiger partial charge on any atom is -0.493 e. The van der Waals surface area contributed by atoms with Gasteiger partial charge in [-0.15, -0.1) is 0 Å². The lowest BCUT2D eigenvalue weighted by atomic mass is 10.2. The maximum Gasteiger partial charge on any atom is 0.273 e. The molecular formula is C26H27N3O4S. The Hall–Kier alpha value is -3.91. The second-order valence-corrected chi connectivity index (χ2v) is 7.74. The fourth-order valence-electron chi connectivity index (χ4n) is 3.00. The average Bonchev–Trinajstić information content (AvgIpc) is 2.87. The largest absolute Gasteiger partial charge is 0.493 e. The number of nitrogens with one attached hydrogen (secondary N) is 3. The van der Waals surface area contributed by atoms with E-state index in [0.717, 1.165) is 18.4 Å². The molecule has 0 aliphatic rings. The molecule has 0 aromatic heterocycles. The number of hydrogen-bond acceptors (Lipinski definition) is 5. The number of amides is 2. The summed E-state index contributed by atoms with van der Waals surface area (Å²) < 4.78 is 11.5. The van der Waals surface area contributed by atoms with E-state index in [1.165, 1.54) is 0 Å². The van der Waals surface area contributed by atoms with Gasteiger partial charge in [-0.1, -0.05) is 67.9 Å². The van der Waals surface area contributed by atoms with Crippen molar-refractivity contribution in [3.8, 4) is 11.5 Å². The Bertz CT molecular complexity index is 1120. The fraction of sp³-hybridized carbons (Fsp3) is 0.192. The van der Waals surface area contributed by atoms with Crippen molar-refractivity contribution >= 4 is 29.1 Å². The number of unbranched alkanes of at least 4 members (excludes halogenated alkanes) is 1. The van der Waals surface area contributed by atoms with E-state index >= 15 is 0 Å². The molecule has 3 aromatic carbocycles. The van der Waals surface area contributed by atoms with Crippen LogP contribution in [-0.4, -0.2) is 23.5 Å². The molecule has 0 radical (unpaired) electrons. The van der Waals surface area contributed by atoms with E-state index < -0.39 is 11.8 Å². The normalized spacial score (nSPS) is 10.1. The maximum atomic E-state index is 12.7. The second-order valence-electron chi connectivity index (χ2n) is 7.33. The van der Waals surface area contributed by atoms with E-state index in [-0.39, 0.29) is 5.11 Å². The Morgan fingerprint density at radius 2 is 1.35 bits per heavy atom. The third-order valence-electron chi connectivity index (χ3n) is 4.77.